The first-order valence-corrected chi connectivity index (χ1v) is 6.69. The fraction of sp³-hybridized carbons (Fsp3) is 0.231. The normalized spacial score (nSPS) is 17.5. The van der Waals surface area contributed by atoms with Crippen molar-refractivity contribution >= 4 is 27.5 Å². The molecule has 19 heavy (non-hydrogen) atoms. The summed E-state index contributed by atoms with van der Waals surface area (Å²) >= 11 is 3.53. The Hall–Kier alpha value is -1.66. The number of carbonyl (C=O) groups excluding carboxylic acids is 1. The summed E-state index contributed by atoms with van der Waals surface area (Å²) in [6.45, 7) is 3.97. The minimum Gasteiger partial charge on any atom is -0.324 e. The van der Waals surface area contributed by atoms with E-state index in [0.717, 1.165) is 32.8 Å². The van der Waals surface area contributed by atoms with Crippen LogP contribution in [0.4, 0.5) is 5.69 Å². The highest BCUT2D eigenvalue weighted by Crippen LogP contribution is 2.36. The van der Waals surface area contributed by atoms with Gasteiger partial charge in [0.2, 0.25) is 5.91 Å². The number of hydrogen-bond acceptors (Lipinski definition) is 3. The van der Waals surface area contributed by atoms with Crippen LogP contribution in [-0.4, -0.2) is 15.5 Å². The van der Waals surface area contributed by atoms with Crippen LogP contribution in [0.15, 0.2) is 22.9 Å². The summed E-state index contributed by atoms with van der Waals surface area (Å²) in [6.07, 6.45) is 1.77. The molecule has 1 aliphatic heterocycles. The molecule has 1 atom stereocenters. The Kier molecular flexibility index (Phi) is 2.72. The predicted molar refractivity (Wildman–Crippen MR) is 76.3 cm³/mol. The number of halogens is 1. The van der Waals surface area contributed by atoms with Crippen LogP contribution in [0.1, 0.15) is 23.0 Å². The molecular weight excluding hydrogens is 308 g/mol. The molecule has 1 amide bonds. The van der Waals surface area contributed by atoms with Gasteiger partial charge in [-0.1, -0.05) is 0 Å². The summed E-state index contributed by atoms with van der Waals surface area (Å²) in [6, 6.07) is 3.21. The molecule has 0 saturated carbocycles. The number of nitrogens with one attached hydrogen (secondary N) is 1. The molecule has 1 unspecified atom stereocenters. The molecule has 0 fully saturated rings. The Morgan fingerprint density at radius 2 is 2.16 bits per heavy atom. The first kappa shape index (κ1) is 12.4. The third kappa shape index (κ3) is 1.79. The van der Waals surface area contributed by atoms with Crippen molar-refractivity contribution in [2.75, 3.05) is 5.32 Å². The number of anilines is 1. The van der Waals surface area contributed by atoms with E-state index in [-0.39, 0.29) is 5.91 Å². The average molecular weight is 321 g/mol. The predicted octanol–water partition coefficient (Wildman–Crippen LogP) is 2.20. The van der Waals surface area contributed by atoms with Gasteiger partial charge < -0.3 is 15.6 Å². The fourth-order valence-corrected chi connectivity index (χ4v) is 2.77. The zero-order valence-electron chi connectivity index (χ0n) is 10.6. The summed E-state index contributed by atoms with van der Waals surface area (Å²) in [5.74, 6) is -0.169. The second-order valence-electron chi connectivity index (χ2n) is 4.64. The minimum absolute atomic E-state index is 0.169. The second kappa shape index (κ2) is 4.18. The van der Waals surface area contributed by atoms with Gasteiger partial charge in [-0.25, -0.2) is 4.98 Å². The smallest absolute Gasteiger partial charge is 0.245 e. The third-order valence-electron chi connectivity index (χ3n) is 3.51. The van der Waals surface area contributed by atoms with Crippen LogP contribution in [0.5, 0.6) is 0 Å². The highest BCUT2D eigenvalue weighted by molar-refractivity contribution is 9.10. The molecule has 2 heterocycles. The maximum absolute atomic E-state index is 11.6. The summed E-state index contributed by atoms with van der Waals surface area (Å²) in [5, 5.41) is 2.79. The van der Waals surface area contributed by atoms with Crippen molar-refractivity contribution < 1.29 is 4.79 Å². The zero-order chi connectivity index (χ0) is 13.7. The monoisotopic (exact) mass is 320 g/mol. The van der Waals surface area contributed by atoms with Crippen LogP contribution in [0, 0.1) is 13.8 Å². The topological polar surface area (TPSA) is 72.9 Å². The summed E-state index contributed by atoms with van der Waals surface area (Å²) in [5.41, 5.74) is 10.4. The first-order valence-electron chi connectivity index (χ1n) is 5.90. The van der Waals surface area contributed by atoms with Crippen molar-refractivity contribution in [2.45, 2.75) is 19.9 Å². The average Bonchev–Trinajstić information content (AvgIpc) is 2.83. The molecule has 98 valence electrons. The molecule has 1 aromatic heterocycles. The van der Waals surface area contributed by atoms with Crippen molar-refractivity contribution in [3.8, 4) is 5.69 Å². The van der Waals surface area contributed by atoms with Crippen LogP contribution in [0.3, 0.4) is 0 Å². The summed E-state index contributed by atoms with van der Waals surface area (Å²) in [7, 11) is 0. The van der Waals surface area contributed by atoms with Gasteiger partial charge in [-0.05, 0) is 41.9 Å². The highest BCUT2D eigenvalue weighted by atomic mass is 79.9. The maximum atomic E-state index is 11.6. The Morgan fingerprint density at radius 1 is 1.42 bits per heavy atom. The van der Waals surface area contributed by atoms with Crippen molar-refractivity contribution in [1.29, 1.82) is 0 Å². The largest absolute Gasteiger partial charge is 0.324 e. The van der Waals surface area contributed by atoms with Gasteiger partial charge in [0.05, 0.1) is 17.7 Å². The van der Waals surface area contributed by atoms with Gasteiger partial charge in [0.1, 0.15) is 6.04 Å². The number of imidazole rings is 1. The van der Waals surface area contributed by atoms with Crippen LogP contribution < -0.4 is 11.1 Å². The standard InChI is InChI=1S/C13H13BrN4O/c1-6-7(2)18(5-16-6)11-4-10-8(3-9(11)14)12(15)13(19)17-10/h3-5,12H,15H2,1-2H3,(H,17,19). The van der Waals surface area contributed by atoms with Gasteiger partial charge in [0, 0.05) is 21.4 Å². The Balaban J connectivity index is 2.18. The van der Waals surface area contributed by atoms with Crippen LogP contribution in [-0.2, 0) is 4.79 Å². The van der Waals surface area contributed by atoms with Crippen LogP contribution in [0.2, 0.25) is 0 Å². The number of aromatic nitrogens is 2. The van der Waals surface area contributed by atoms with E-state index in [1.807, 2.05) is 30.5 Å². The van der Waals surface area contributed by atoms with Gasteiger partial charge in [-0.15, -0.1) is 0 Å². The maximum Gasteiger partial charge on any atom is 0.245 e. The third-order valence-corrected chi connectivity index (χ3v) is 4.14. The van der Waals surface area contributed by atoms with Gasteiger partial charge in [0.15, 0.2) is 0 Å². The highest BCUT2D eigenvalue weighted by Gasteiger charge is 2.28. The molecule has 0 bridgehead atoms. The van der Waals surface area contributed by atoms with Crippen molar-refractivity contribution in [3.63, 3.8) is 0 Å². The van der Waals surface area contributed by atoms with Crippen molar-refractivity contribution in [3.05, 3.63) is 39.9 Å². The Bertz CT molecular complexity index is 692. The number of nitrogens with two attached hydrogens (primary N) is 1. The molecule has 2 aromatic rings. The van der Waals surface area contributed by atoms with E-state index in [0.29, 0.717) is 0 Å². The SMILES string of the molecule is Cc1ncn(-c2cc3c(cc2Br)C(N)C(=O)N3)c1C. The molecule has 0 saturated heterocycles. The van der Waals surface area contributed by atoms with Crippen LogP contribution in [0.25, 0.3) is 5.69 Å². The first-order chi connectivity index (χ1) is 8.99. The van der Waals surface area contributed by atoms with E-state index < -0.39 is 6.04 Å². The lowest BCUT2D eigenvalue weighted by Crippen LogP contribution is -2.19. The Labute approximate surface area is 119 Å². The van der Waals surface area contributed by atoms with E-state index in [2.05, 4.69) is 26.2 Å². The summed E-state index contributed by atoms with van der Waals surface area (Å²) in [4.78, 5) is 15.9. The number of benzene rings is 1. The molecule has 0 spiro atoms. The molecule has 6 heteroatoms. The van der Waals surface area contributed by atoms with Gasteiger partial charge in [-0.2, -0.15) is 0 Å². The minimum atomic E-state index is -0.592. The lowest BCUT2D eigenvalue weighted by atomic mass is 10.1. The lowest BCUT2D eigenvalue weighted by molar-refractivity contribution is -0.116. The molecule has 1 aliphatic rings. The van der Waals surface area contributed by atoms with E-state index in [4.69, 9.17) is 5.73 Å². The Morgan fingerprint density at radius 3 is 2.79 bits per heavy atom. The lowest BCUT2D eigenvalue weighted by Gasteiger charge is -2.11. The van der Waals surface area contributed by atoms with E-state index in [1.165, 1.54) is 0 Å². The molecular formula is C13H13BrN4O. The number of aryl methyl sites for hydroxylation is 1. The number of hydrogen-bond donors (Lipinski definition) is 2. The number of fused-ring (bicyclic) bond motifs is 1. The zero-order valence-corrected chi connectivity index (χ0v) is 12.2. The molecule has 1 aromatic carbocycles. The van der Waals surface area contributed by atoms with E-state index >= 15 is 0 Å². The molecule has 5 nitrogen and oxygen atoms in total. The number of carbonyl (C=O) groups is 1. The number of nitrogens with zero attached hydrogens (tertiary/aromatic N) is 2. The quantitative estimate of drug-likeness (QED) is 0.846. The van der Waals surface area contributed by atoms with E-state index in [1.54, 1.807) is 6.33 Å². The van der Waals surface area contributed by atoms with E-state index in [9.17, 15) is 4.79 Å². The number of amides is 1. The van der Waals surface area contributed by atoms with Crippen molar-refractivity contribution in [2.24, 2.45) is 5.73 Å². The second-order valence-corrected chi connectivity index (χ2v) is 5.50. The summed E-state index contributed by atoms with van der Waals surface area (Å²) < 4.78 is 2.87. The van der Waals surface area contributed by atoms with Crippen molar-refractivity contribution in [1.82, 2.24) is 9.55 Å². The fourth-order valence-electron chi connectivity index (χ4n) is 2.22. The molecule has 0 aliphatic carbocycles. The number of rotatable bonds is 1. The molecule has 0 radical (unpaired) electrons. The molecule has 3 N–H and O–H groups in total. The van der Waals surface area contributed by atoms with Gasteiger partial charge in [-0.3, -0.25) is 4.79 Å². The van der Waals surface area contributed by atoms with Gasteiger partial charge >= 0.3 is 0 Å². The van der Waals surface area contributed by atoms with Gasteiger partial charge in [0.25, 0.3) is 0 Å². The molecule has 3 rings (SSSR count). The van der Waals surface area contributed by atoms with Crippen LogP contribution >= 0.6 is 15.9 Å².